The fourth-order valence-electron chi connectivity index (χ4n) is 8.94. The molecular weight excluding hydrogens is 528 g/mol. The van der Waals surface area contributed by atoms with Gasteiger partial charge >= 0.3 is 5.97 Å². The zero-order valence-corrected chi connectivity index (χ0v) is 27.0. The van der Waals surface area contributed by atoms with Gasteiger partial charge in [-0.3, -0.25) is 9.59 Å². The number of hydrogen-bond donors (Lipinski definition) is 3. The maximum atomic E-state index is 14.3. The third-order valence-electron chi connectivity index (χ3n) is 11.6. The Labute approximate surface area is 254 Å². The second kappa shape index (κ2) is 13.6. The summed E-state index contributed by atoms with van der Waals surface area (Å²) >= 11 is 0. The maximum Gasteiger partial charge on any atom is 0.306 e. The molecule has 0 aromatic carbocycles. The first-order valence-electron chi connectivity index (χ1n) is 17.1. The minimum absolute atomic E-state index is 0.0217. The Morgan fingerprint density at radius 1 is 0.929 bits per heavy atom. The van der Waals surface area contributed by atoms with E-state index in [0.29, 0.717) is 23.5 Å². The van der Waals surface area contributed by atoms with Gasteiger partial charge in [-0.25, -0.2) is 0 Å². The molecule has 3 N–H and O–H groups in total. The van der Waals surface area contributed by atoms with E-state index in [9.17, 15) is 24.9 Å². The number of fused-ring (bicyclic) bond motifs is 3. The number of Topliss-reactive ketones (excluding diaryl/α,β-unsaturated/α-hetero) is 1. The van der Waals surface area contributed by atoms with Crippen molar-refractivity contribution in [2.75, 3.05) is 6.61 Å². The van der Waals surface area contributed by atoms with Crippen LogP contribution in [0.3, 0.4) is 0 Å². The maximum absolute atomic E-state index is 14.3. The number of aliphatic hydroxyl groups excluding tert-OH is 2. The van der Waals surface area contributed by atoms with E-state index in [1.54, 1.807) is 19.1 Å². The molecule has 1 spiro atoms. The largest absolute Gasteiger partial charge is 0.461 e. The molecule has 4 aliphatic carbocycles. The first-order valence-corrected chi connectivity index (χ1v) is 17.1. The molecule has 2 unspecified atom stereocenters. The van der Waals surface area contributed by atoms with Crippen LogP contribution >= 0.6 is 0 Å². The minimum atomic E-state index is -2.09. The molecule has 238 valence electrons. The predicted octanol–water partition coefficient (Wildman–Crippen LogP) is 6.85. The molecule has 2 bridgehead atoms. The number of aliphatic hydroxyl groups is 3. The quantitative estimate of drug-likeness (QED) is 0.104. The van der Waals surface area contributed by atoms with Crippen LogP contribution in [0.1, 0.15) is 131 Å². The second-order valence-electron chi connectivity index (χ2n) is 14.8. The number of unbranched alkanes of at least 4 members (excludes halogenated alkanes) is 12. The highest BCUT2D eigenvalue weighted by Crippen LogP contribution is 2.71. The summed E-state index contributed by atoms with van der Waals surface area (Å²) in [6, 6.07) is 0. The number of rotatable bonds is 16. The third-order valence-corrected chi connectivity index (χ3v) is 11.6. The highest BCUT2D eigenvalue weighted by Gasteiger charge is 2.75. The standard InChI is InChI=1S/C36H58O6/c1-6-7-8-9-10-11-12-13-14-15-16-17-18-19-29(37)42-23-26-21-27-30-28(34(30,4)5)20-25(3)35(33(27)40)22-24(2)31(38)36(35,41)32(26)39/h21-22,25,27-28,30-32,38-39,41H,6-20,23H2,1-5H3/t25-,27+,28?,30?,31+,32-,35+,36-/m1/s1. The van der Waals surface area contributed by atoms with E-state index in [-0.39, 0.29) is 35.6 Å². The Morgan fingerprint density at radius 3 is 2.05 bits per heavy atom. The average molecular weight is 587 g/mol. The number of esters is 1. The number of carbonyl (C=O) groups excluding carboxylic acids is 2. The molecule has 4 rings (SSSR count). The van der Waals surface area contributed by atoms with Gasteiger partial charge in [-0.05, 0) is 54.1 Å². The lowest BCUT2D eigenvalue weighted by Crippen LogP contribution is -2.65. The van der Waals surface area contributed by atoms with Gasteiger partial charge in [0.25, 0.3) is 0 Å². The zero-order valence-electron chi connectivity index (χ0n) is 27.0. The van der Waals surface area contributed by atoms with E-state index >= 15 is 0 Å². The molecule has 0 heterocycles. The van der Waals surface area contributed by atoms with Gasteiger partial charge in [0.05, 0.1) is 5.41 Å². The third kappa shape index (κ3) is 6.06. The van der Waals surface area contributed by atoms with Gasteiger partial charge in [-0.15, -0.1) is 0 Å². The normalized spacial score (nSPS) is 36.3. The molecule has 4 aliphatic rings. The second-order valence-corrected chi connectivity index (χ2v) is 14.8. The van der Waals surface area contributed by atoms with Crippen LogP contribution in [0.4, 0.5) is 0 Å². The molecule has 6 heteroatoms. The predicted molar refractivity (Wildman–Crippen MR) is 166 cm³/mol. The molecular formula is C36H58O6. The van der Waals surface area contributed by atoms with Crippen LogP contribution in [0.15, 0.2) is 23.3 Å². The lowest BCUT2D eigenvalue weighted by Gasteiger charge is -2.48. The summed E-state index contributed by atoms with van der Waals surface area (Å²) in [5, 5.41) is 34.9. The van der Waals surface area contributed by atoms with Crippen molar-refractivity contribution in [3.05, 3.63) is 23.3 Å². The lowest BCUT2D eigenvalue weighted by atomic mass is 9.59. The summed E-state index contributed by atoms with van der Waals surface area (Å²) in [7, 11) is 0. The van der Waals surface area contributed by atoms with Crippen LogP contribution in [0.25, 0.3) is 0 Å². The Bertz CT molecular complexity index is 1030. The monoisotopic (exact) mass is 586 g/mol. The summed E-state index contributed by atoms with van der Waals surface area (Å²) in [5.74, 6) is -0.780. The summed E-state index contributed by atoms with van der Waals surface area (Å²) in [4.78, 5) is 26.9. The van der Waals surface area contributed by atoms with Crippen LogP contribution in [-0.2, 0) is 14.3 Å². The van der Waals surface area contributed by atoms with Crippen molar-refractivity contribution in [2.45, 2.75) is 149 Å². The van der Waals surface area contributed by atoms with E-state index in [4.69, 9.17) is 4.74 Å². The fraction of sp³-hybridized carbons (Fsp3) is 0.833. The van der Waals surface area contributed by atoms with E-state index in [1.165, 1.54) is 64.2 Å². The van der Waals surface area contributed by atoms with Gasteiger partial charge in [0.2, 0.25) is 0 Å². The minimum Gasteiger partial charge on any atom is -0.461 e. The highest BCUT2D eigenvalue weighted by atomic mass is 16.5. The molecule has 42 heavy (non-hydrogen) atoms. The molecule has 2 saturated carbocycles. The van der Waals surface area contributed by atoms with E-state index in [1.807, 2.05) is 6.92 Å². The van der Waals surface area contributed by atoms with Gasteiger partial charge in [0.15, 0.2) is 5.78 Å². The first-order chi connectivity index (χ1) is 19.9. The van der Waals surface area contributed by atoms with Crippen LogP contribution in [0.5, 0.6) is 0 Å². The van der Waals surface area contributed by atoms with Crippen LogP contribution in [-0.4, -0.2) is 51.5 Å². The van der Waals surface area contributed by atoms with Gasteiger partial charge in [-0.2, -0.15) is 0 Å². The number of allylic oxidation sites excluding steroid dienone is 1. The van der Waals surface area contributed by atoms with Crippen LogP contribution < -0.4 is 0 Å². The van der Waals surface area contributed by atoms with Gasteiger partial charge in [-0.1, -0.05) is 117 Å². The molecule has 0 aromatic rings. The molecule has 8 atom stereocenters. The van der Waals surface area contributed by atoms with Crippen molar-refractivity contribution in [1.82, 2.24) is 0 Å². The molecule has 0 radical (unpaired) electrons. The Morgan fingerprint density at radius 2 is 1.48 bits per heavy atom. The molecule has 6 nitrogen and oxygen atoms in total. The molecule has 0 aromatic heterocycles. The van der Waals surface area contributed by atoms with E-state index in [2.05, 4.69) is 20.8 Å². The molecule has 2 fully saturated rings. The summed E-state index contributed by atoms with van der Waals surface area (Å²) in [6.45, 7) is 10.1. The summed E-state index contributed by atoms with van der Waals surface area (Å²) in [6.07, 6.45) is 17.8. The molecule has 0 saturated heterocycles. The molecule has 0 aliphatic heterocycles. The van der Waals surface area contributed by atoms with Crippen molar-refractivity contribution in [1.29, 1.82) is 0 Å². The van der Waals surface area contributed by atoms with E-state index < -0.39 is 29.1 Å². The Hall–Kier alpha value is -1.50. The summed E-state index contributed by atoms with van der Waals surface area (Å²) < 4.78 is 5.62. The van der Waals surface area contributed by atoms with Gasteiger partial charge < -0.3 is 20.1 Å². The lowest BCUT2D eigenvalue weighted by molar-refractivity contribution is -0.190. The SMILES string of the molecule is CCCCCCCCCCCCCCCC(=O)OCC1=C[C@@H]2C(=O)[C@]3(C=C(C)[C@H](O)[C@@]3(O)[C@@H]1O)[C@H](C)CC1C2C1(C)C. The Kier molecular flexibility index (Phi) is 10.9. The number of ether oxygens (including phenoxy) is 1. The number of hydrogen-bond acceptors (Lipinski definition) is 6. The summed E-state index contributed by atoms with van der Waals surface area (Å²) in [5.41, 5.74) is -2.65. The highest BCUT2D eigenvalue weighted by molar-refractivity contribution is 5.95. The number of carbonyl (C=O) groups is 2. The Balaban J connectivity index is 1.27. The fourth-order valence-corrected chi connectivity index (χ4v) is 8.94. The first kappa shape index (κ1) is 33.4. The zero-order chi connectivity index (χ0) is 30.7. The van der Waals surface area contributed by atoms with Crippen molar-refractivity contribution in [3.8, 4) is 0 Å². The average Bonchev–Trinajstić information content (AvgIpc) is 3.45. The van der Waals surface area contributed by atoms with Gasteiger partial charge in [0, 0.05) is 12.3 Å². The van der Waals surface area contributed by atoms with Crippen LogP contribution in [0, 0.1) is 34.5 Å². The van der Waals surface area contributed by atoms with Gasteiger partial charge in [0.1, 0.15) is 24.4 Å². The van der Waals surface area contributed by atoms with Crippen molar-refractivity contribution < 1.29 is 29.6 Å². The smallest absolute Gasteiger partial charge is 0.306 e. The van der Waals surface area contributed by atoms with E-state index in [0.717, 1.165) is 25.7 Å². The molecule has 0 amide bonds. The topological polar surface area (TPSA) is 104 Å². The number of ketones is 1. The van der Waals surface area contributed by atoms with Crippen LogP contribution in [0.2, 0.25) is 0 Å². The van der Waals surface area contributed by atoms with Crippen molar-refractivity contribution >= 4 is 11.8 Å². The van der Waals surface area contributed by atoms with Crippen molar-refractivity contribution in [3.63, 3.8) is 0 Å². The van der Waals surface area contributed by atoms with Crippen molar-refractivity contribution in [2.24, 2.45) is 34.5 Å².